The molecule has 4 heteroatoms. The molecule has 0 bridgehead atoms. The monoisotopic (exact) mass is 239 g/mol. The van der Waals surface area contributed by atoms with Gasteiger partial charge < -0.3 is 14.9 Å². The van der Waals surface area contributed by atoms with Crippen LogP contribution in [0, 0.1) is 0 Å². The molecule has 0 radical (unpaired) electrons. The van der Waals surface area contributed by atoms with Gasteiger partial charge in [-0.15, -0.1) is 0 Å². The Bertz CT molecular complexity index is 326. The third-order valence-electron chi connectivity index (χ3n) is 2.93. The number of likely N-dealkylation sites (N-methyl/N-ethyl adjacent to an activating group) is 1. The maximum atomic E-state index is 9.05. The number of rotatable bonds is 7. The van der Waals surface area contributed by atoms with E-state index in [2.05, 4.69) is 0 Å². The number of hydrogen-bond donors (Lipinski definition) is 2. The van der Waals surface area contributed by atoms with Gasteiger partial charge in [-0.3, -0.25) is 4.90 Å². The van der Waals surface area contributed by atoms with Crippen LogP contribution in [0.5, 0.6) is 5.75 Å². The molecule has 1 rings (SSSR count). The van der Waals surface area contributed by atoms with Crippen LogP contribution in [0.15, 0.2) is 24.3 Å². The average Bonchev–Trinajstić information content (AvgIpc) is 2.38. The third-order valence-corrected chi connectivity index (χ3v) is 2.93. The highest BCUT2D eigenvalue weighted by atomic mass is 16.5. The van der Waals surface area contributed by atoms with Gasteiger partial charge >= 0.3 is 0 Å². The van der Waals surface area contributed by atoms with Gasteiger partial charge in [0.15, 0.2) is 0 Å². The lowest BCUT2D eigenvalue weighted by Crippen LogP contribution is -2.38. The number of methoxy groups -OCH3 is 1. The zero-order valence-electron chi connectivity index (χ0n) is 10.5. The van der Waals surface area contributed by atoms with Crippen molar-refractivity contribution in [3.63, 3.8) is 0 Å². The van der Waals surface area contributed by atoms with Gasteiger partial charge in [-0.1, -0.05) is 12.1 Å². The van der Waals surface area contributed by atoms with Gasteiger partial charge in [-0.25, -0.2) is 0 Å². The first-order valence-electron chi connectivity index (χ1n) is 5.76. The first-order chi connectivity index (χ1) is 8.21. The van der Waals surface area contributed by atoms with Gasteiger partial charge in [0, 0.05) is 6.54 Å². The van der Waals surface area contributed by atoms with E-state index in [0.29, 0.717) is 0 Å². The van der Waals surface area contributed by atoms with Crippen molar-refractivity contribution in [2.24, 2.45) is 0 Å². The molecule has 0 spiro atoms. The minimum absolute atomic E-state index is 0.0227. The van der Waals surface area contributed by atoms with Gasteiger partial charge in [0.05, 0.1) is 26.4 Å². The van der Waals surface area contributed by atoms with Crippen molar-refractivity contribution in [3.05, 3.63) is 29.8 Å². The minimum atomic E-state index is -0.180. The summed E-state index contributed by atoms with van der Waals surface area (Å²) in [5.41, 5.74) is 1.19. The predicted octanol–water partition coefficient (Wildman–Crippen LogP) is 0.523. The van der Waals surface area contributed by atoms with E-state index in [9.17, 15) is 0 Å². The lowest BCUT2D eigenvalue weighted by molar-refractivity contribution is 0.0925. The molecule has 0 fully saturated rings. The van der Waals surface area contributed by atoms with E-state index < -0.39 is 0 Å². The maximum Gasteiger partial charge on any atom is 0.119 e. The molecule has 0 saturated carbocycles. The van der Waals surface area contributed by atoms with Crippen molar-refractivity contribution in [2.75, 3.05) is 33.9 Å². The summed E-state index contributed by atoms with van der Waals surface area (Å²) in [5.74, 6) is 0.853. The molecule has 17 heavy (non-hydrogen) atoms. The summed E-state index contributed by atoms with van der Waals surface area (Å²) in [5, 5.41) is 18.1. The number of ether oxygens (including phenoxy) is 1. The molecule has 0 amide bonds. The van der Waals surface area contributed by atoms with Crippen LogP contribution >= 0.6 is 0 Å². The van der Waals surface area contributed by atoms with E-state index in [-0.39, 0.29) is 19.3 Å². The fourth-order valence-electron chi connectivity index (χ4n) is 1.65. The standard InChI is InChI=1S/C13H21NO3/c1-14(12(9-15)10-16)7-6-11-4-3-5-13(8-11)17-2/h3-5,8,12,15-16H,6-7,9-10H2,1-2H3. The normalized spacial score (nSPS) is 11.2. The summed E-state index contributed by atoms with van der Waals surface area (Å²) in [6.45, 7) is 0.745. The van der Waals surface area contributed by atoms with Gasteiger partial charge in [0.1, 0.15) is 5.75 Å². The number of benzene rings is 1. The highest BCUT2D eigenvalue weighted by Crippen LogP contribution is 2.13. The Labute approximate surface area is 102 Å². The zero-order chi connectivity index (χ0) is 12.7. The number of nitrogens with zero attached hydrogens (tertiary/aromatic N) is 1. The summed E-state index contributed by atoms with van der Waals surface area (Å²) >= 11 is 0. The molecule has 1 aromatic rings. The van der Waals surface area contributed by atoms with Crippen LogP contribution in [-0.2, 0) is 6.42 Å². The summed E-state index contributed by atoms with van der Waals surface area (Å²) in [6, 6.07) is 7.74. The van der Waals surface area contributed by atoms with E-state index >= 15 is 0 Å². The Morgan fingerprint density at radius 1 is 1.29 bits per heavy atom. The third kappa shape index (κ3) is 4.34. The van der Waals surface area contributed by atoms with Crippen molar-refractivity contribution in [2.45, 2.75) is 12.5 Å². The Morgan fingerprint density at radius 2 is 2.00 bits per heavy atom. The number of aliphatic hydroxyl groups excluding tert-OH is 2. The highest BCUT2D eigenvalue weighted by molar-refractivity contribution is 5.28. The maximum absolute atomic E-state index is 9.05. The Kier molecular flexibility index (Phi) is 5.97. The molecule has 0 aliphatic carbocycles. The molecule has 1 aromatic carbocycles. The van der Waals surface area contributed by atoms with Crippen LogP contribution in [0.4, 0.5) is 0 Å². The Balaban J connectivity index is 2.49. The second-order valence-corrected chi connectivity index (χ2v) is 4.10. The highest BCUT2D eigenvalue weighted by Gasteiger charge is 2.11. The fourth-order valence-corrected chi connectivity index (χ4v) is 1.65. The number of hydrogen-bond acceptors (Lipinski definition) is 4. The summed E-state index contributed by atoms with van der Waals surface area (Å²) in [4.78, 5) is 1.96. The molecule has 96 valence electrons. The van der Waals surface area contributed by atoms with E-state index in [0.717, 1.165) is 18.7 Å². The number of aliphatic hydroxyl groups is 2. The fraction of sp³-hybridized carbons (Fsp3) is 0.538. The molecule has 0 atom stereocenters. The van der Waals surface area contributed by atoms with Crippen molar-refractivity contribution >= 4 is 0 Å². The minimum Gasteiger partial charge on any atom is -0.497 e. The van der Waals surface area contributed by atoms with Crippen LogP contribution in [0.1, 0.15) is 5.56 Å². The van der Waals surface area contributed by atoms with Crippen LogP contribution in [0.3, 0.4) is 0 Å². The molecule has 0 saturated heterocycles. The van der Waals surface area contributed by atoms with Crippen LogP contribution in [0.25, 0.3) is 0 Å². The van der Waals surface area contributed by atoms with E-state index in [1.807, 2.05) is 36.2 Å². The molecule has 0 heterocycles. The summed E-state index contributed by atoms with van der Waals surface area (Å²) < 4.78 is 5.16. The molecule has 0 aromatic heterocycles. The second kappa shape index (κ2) is 7.27. The molecule has 0 unspecified atom stereocenters. The van der Waals surface area contributed by atoms with Crippen LogP contribution in [-0.4, -0.2) is 55.1 Å². The smallest absolute Gasteiger partial charge is 0.119 e. The largest absolute Gasteiger partial charge is 0.497 e. The molecular weight excluding hydrogens is 218 g/mol. The first kappa shape index (κ1) is 14.0. The Morgan fingerprint density at radius 3 is 2.59 bits per heavy atom. The second-order valence-electron chi connectivity index (χ2n) is 4.10. The van der Waals surface area contributed by atoms with E-state index in [1.54, 1.807) is 7.11 Å². The van der Waals surface area contributed by atoms with Gasteiger partial charge in [0.25, 0.3) is 0 Å². The topological polar surface area (TPSA) is 52.9 Å². The summed E-state index contributed by atoms with van der Waals surface area (Å²) in [7, 11) is 3.55. The molecule has 0 aliphatic rings. The first-order valence-corrected chi connectivity index (χ1v) is 5.76. The van der Waals surface area contributed by atoms with E-state index in [4.69, 9.17) is 14.9 Å². The van der Waals surface area contributed by atoms with E-state index in [1.165, 1.54) is 5.56 Å². The van der Waals surface area contributed by atoms with Crippen LogP contribution in [0.2, 0.25) is 0 Å². The molecule has 4 nitrogen and oxygen atoms in total. The van der Waals surface area contributed by atoms with Gasteiger partial charge in [-0.2, -0.15) is 0 Å². The quantitative estimate of drug-likeness (QED) is 0.728. The van der Waals surface area contributed by atoms with Crippen molar-refractivity contribution in [3.8, 4) is 5.75 Å². The van der Waals surface area contributed by atoms with Crippen molar-refractivity contribution < 1.29 is 14.9 Å². The Hall–Kier alpha value is -1.10. The van der Waals surface area contributed by atoms with Gasteiger partial charge in [-0.05, 0) is 31.2 Å². The SMILES string of the molecule is COc1cccc(CCN(C)C(CO)CO)c1. The average molecular weight is 239 g/mol. The van der Waals surface area contributed by atoms with Crippen molar-refractivity contribution in [1.29, 1.82) is 0 Å². The molecule has 2 N–H and O–H groups in total. The zero-order valence-corrected chi connectivity index (χ0v) is 10.5. The predicted molar refractivity (Wildman–Crippen MR) is 67.3 cm³/mol. The van der Waals surface area contributed by atoms with Crippen LogP contribution < -0.4 is 4.74 Å². The molecule has 0 aliphatic heterocycles. The summed E-state index contributed by atoms with van der Waals surface area (Å²) in [6.07, 6.45) is 0.865. The lowest BCUT2D eigenvalue weighted by Gasteiger charge is -2.24. The van der Waals surface area contributed by atoms with Gasteiger partial charge in [0.2, 0.25) is 0 Å². The molecular formula is C13H21NO3. The van der Waals surface area contributed by atoms with Crippen molar-refractivity contribution in [1.82, 2.24) is 4.90 Å². The lowest BCUT2D eigenvalue weighted by atomic mass is 10.1.